The first-order valence-corrected chi connectivity index (χ1v) is 5.66. The third kappa shape index (κ3) is 3.31. The Morgan fingerprint density at radius 3 is 2.19 bits per heavy atom. The van der Waals surface area contributed by atoms with Crippen molar-refractivity contribution in [1.29, 1.82) is 0 Å². The summed E-state index contributed by atoms with van der Waals surface area (Å²) in [4.78, 5) is 11.0. The molecule has 2 rings (SSSR count). The molecule has 2 aromatic carbocycles. The SMILES string of the molecule is O=C(O)c1cccc(F)c1Oc1ccc(C(F)(F)F)cc1. The lowest BCUT2D eigenvalue weighted by Crippen LogP contribution is -2.05. The van der Waals surface area contributed by atoms with Gasteiger partial charge < -0.3 is 9.84 Å². The predicted octanol–water partition coefficient (Wildman–Crippen LogP) is 4.34. The molecule has 0 saturated carbocycles. The average molecular weight is 300 g/mol. The van der Waals surface area contributed by atoms with Gasteiger partial charge in [-0.25, -0.2) is 9.18 Å². The maximum absolute atomic E-state index is 13.6. The van der Waals surface area contributed by atoms with Crippen LogP contribution in [0, 0.1) is 5.82 Å². The lowest BCUT2D eigenvalue weighted by atomic mass is 10.2. The highest BCUT2D eigenvalue weighted by atomic mass is 19.4. The highest BCUT2D eigenvalue weighted by molar-refractivity contribution is 5.91. The van der Waals surface area contributed by atoms with Gasteiger partial charge in [0.05, 0.1) is 5.56 Å². The molecule has 0 unspecified atom stereocenters. The van der Waals surface area contributed by atoms with E-state index in [4.69, 9.17) is 9.84 Å². The zero-order chi connectivity index (χ0) is 15.6. The second kappa shape index (κ2) is 5.43. The van der Waals surface area contributed by atoms with Gasteiger partial charge in [0.25, 0.3) is 0 Å². The summed E-state index contributed by atoms with van der Waals surface area (Å²) in [6, 6.07) is 6.81. The van der Waals surface area contributed by atoms with E-state index in [0.29, 0.717) is 0 Å². The van der Waals surface area contributed by atoms with Crippen LogP contribution in [-0.2, 0) is 6.18 Å². The molecule has 0 aromatic heterocycles. The topological polar surface area (TPSA) is 46.5 Å². The van der Waals surface area contributed by atoms with Crippen LogP contribution in [0.15, 0.2) is 42.5 Å². The van der Waals surface area contributed by atoms with Gasteiger partial charge in [-0.15, -0.1) is 0 Å². The van der Waals surface area contributed by atoms with E-state index in [1.807, 2.05) is 0 Å². The Morgan fingerprint density at radius 2 is 1.67 bits per heavy atom. The van der Waals surface area contributed by atoms with Crippen molar-refractivity contribution >= 4 is 5.97 Å². The molecule has 110 valence electrons. The van der Waals surface area contributed by atoms with Crippen LogP contribution in [0.2, 0.25) is 0 Å². The predicted molar refractivity (Wildman–Crippen MR) is 64.9 cm³/mol. The molecule has 3 nitrogen and oxygen atoms in total. The summed E-state index contributed by atoms with van der Waals surface area (Å²) in [7, 11) is 0. The first kappa shape index (κ1) is 14.8. The number of halogens is 4. The fourth-order valence-electron chi connectivity index (χ4n) is 1.61. The average Bonchev–Trinajstić information content (AvgIpc) is 2.40. The summed E-state index contributed by atoms with van der Waals surface area (Å²) >= 11 is 0. The number of ether oxygens (including phenoxy) is 1. The van der Waals surface area contributed by atoms with Crippen molar-refractivity contribution in [2.45, 2.75) is 6.18 Å². The third-order valence-corrected chi connectivity index (χ3v) is 2.60. The number of hydrogen-bond acceptors (Lipinski definition) is 2. The molecule has 0 atom stereocenters. The molecular weight excluding hydrogens is 292 g/mol. The maximum atomic E-state index is 13.6. The van der Waals surface area contributed by atoms with Gasteiger partial charge in [0.1, 0.15) is 11.3 Å². The van der Waals surface area contributed by atoms with Crippen LogP contribution in [0.4, 0.5) is 17.6 Å². The largest absolute Gasteiger partial charge is 0.478 e. The molecular formula is C14H8F4O3. The van der Waals surface area contributed by atoms with Crippen molar-refractivity contribution < 1.29 is 32.2 Å². The van der Waals surface area contributed by atoms with E-state index in [9.17, 15) is 22.4 Å². The third-order valence-electron chi connectivity index (χ3n) is 2.60. The Labute approximate surface area is 116 Å². The van der Waals surface area contributed by atoms with E-state index in [1.165, 1.54) is 6.07 Å². The number of benzene rings is 2. The standard InChI is InChI=1S/C14H8F4O3/c15-11-3-1-2-10(13(19)20)12(11)21-9-6-4-8(5-7-9)14(16,17)18/h1-7H,(H,19,20). The van der Waals surface area contributed by atoms with Crippen molar-refractivity contribution in [3.63, 3.8) is 0 Å². The van der Waals surface area contributed by atoms with Crippen LogP contribution in [0.1, 0.15) is 15.9 Å². The van der Waals surface area contributed by atoms with Gasteiger partial charge in [0.15, 0.2) is 11.6 Å². The minimum atomic E-state index is -4.50. The van der Waals surface area contributed by atoms with E-state index in [0.717, 1.165) is 36.4 Å². The fraction of sp³-hybridized carbons (Fsp3) is 0.0714. The molecule has 0 spiro atoms. The molecule has 0 fully saturated rings. The van der Waals surface area contributed by atoms with Gasteiger partial charge in [-0.05, 0) is 36.4 Å². The van der Waals surface area contributed by atoms with Crippen molar-refractivity contribution in [3.8, 4) is 11.5 Å². The Hall–Kier alpha value is -2.57. The lowest BCUT2D eigenvalue weighted by Gasteiger charge is -2.11. The molecule has 2 aromatic rings. The number of rotatable bonds is 3. The summed E-state index contributed by atoms with van der Waals surface area (Å²) in [5, 5.41) is 8.92. The highest BCUT2D eigenvalue weighted by Gasteiger charge is 2.30. The quantitative estimate of drug-likeness (QED) is 0.858. The Morgan fingerprint density at radius 1 is 1.05 bits per heavy atom. The van der Waals surface area contributed by atoms with Gasteiger partial charge in [0, 0.05) is 0 Å². The van der Waals surface area contributed by atoms with Gasteiger partial charge in [-0.2, -0.15) is 13.2 Å². The van der Waals surface area contributed by atoms with E-state index >= 15 is 0 Å². The number of para-hydroxylation sites is 1. The van der Waals surface area contributed by atoms with E-state index in [1.54, 1.807) is 0 Å². The van der Waals surface area contributed by atoms with Gasteiger partial charge in [0.2, 0.25) is 0 Å². The maximum Gasteiger partial charge on any atom is 0.416 e. The summed E-state index contributed by atoms with van der Waals surface area (Å²) < 4.78 is 55.8. The summed E-state index contributed by atoms with van der Waals surface area (Å²) in [6.45, 7) is 0. The summed E-state index contributed by atoms with van der Waals surface area (Å²) in [5.41, 5.74) is -1.31. The lowest BCUT2D eigenvalue weighted by molar-refractivity contribution is -0.137. The normalized spacial score (nSPS) is 11.2. The summed E-state index contributed by atoms with van der Waals surface area (Å²) in [5.74, 6) is -2.98. The van der Waals surface area contributed by atoms with Crippen LogP contribution in [0.5, 0.6) is 11.5 Å². The molecule has 0 amide bonds. The molecule has 7 heteroatoms. The zero-order valence-corrected chi connectivity index (χ0v) is 10.3. The highest BCUT2D eigenvalue weighted by Crippen LogP contribution is 2.33. The number of carbonyl (C=O) groups is 1. The van der Waals surface area contributed by atoms with Crippen LogP contribution in [0.25, 0.3) is 0 Å². The Bertz CT molecular complexity index is 663. The van der Waals surface area contributed by atoms with Crippen molar-refractivity contribution in [2.75, 3.05) is 0 Å². The van der Waals surface area contributed by atoms with Crippen LogP contribution in [-0.4, -0.2) is 11.1 Å². The first-order chi connectivity index (χ1) is 9.79. The number of alkyl halides is 3. The molecule has 1 N–H and O–H groups in total. The molecule has 0 heterocycles. The zero-order valence-electron chi connectivity index (χ0n) is 10.3. The number of aromatic carboxylic acids is 1. The van der Waals surface area contributed by atoms with Crippen molar-refractivity contribution in [3.05, 3.63) is 59.4 Å². The van der Waals surface area contributed by atoms with Gasteiger partial charge in [-0.1, -0.05) is 6.07 Å². The molecule has 0 radical (unpaired) electrons. The minimum Gasteiger partial charge on any atom is -0.478 e. The first-order valence-electron chi connectivity index (χ1n) is 5.66. The molecule has 21 heavy (non-hydrogen) atoms. The second-order valence-electron chi connectivity index (χ2n) is 4.05. The Balaban J connectivity index is 2.33. The van der Waals surface area contributed by atoms with Crippen molar-refractivity contribution in [2.24, 2.45) is 0 Å². The van der Waals surface area contributed by atoms with Crippen molar-refractivity contribution in [1.82, 2.24) is 0 Å². The molecule has 0 aliphatic heterocycles. The van der Waals surface area contributed by atoms with E-state index < -0.39 is 34.8 Å². The summed E-state index contributed by atoms with van der Waals surface area (Å²) in [6.07, 6.45) is -4.50. The van der Waals surface area contributed by atoms with Crippen LogP contribution in [0.3, 0.4) is 0 Å². The molecule has 0 aliphatic carbocycles. The van der Waals surface area contributed by atoms with Gasteiger partial charge in [-0.3, -0.25) is 0 Å². The number of hydrogen-bond donors (Lipinski definition) is 1. The smallest absolute Gasteiger partial charge is 0.416 e. The van der Waals surface area contributed by atoms with E-state index in [2.05, 4.69) is 0 Å². The van der Waals surface area contributed by atoms with Crippen LogP contribution >= 0.6 is 0 Å². The second-order valence-corrected chi connectivity index (χ2v) is 4.05. The Kier molecular flexibility index (Phi) is 3.84. The van der Waals surface area contributed by atoms with Crippen LogP contribution < -0.4 is 4.74 Å². The molecule has 0 aliphatic rings. The van der Waals surface area contributed by atoms with E-state index in [-0.39, 0.29) is 5.75 Å². The minimum absolute atomic E-state index is 0.101. The van der Waals surface area contributed by atoms with Gasteiger partial charge >= 0.3 is 12.1 Å². The molecule has 0 saturated heterocycles. The monoisotopic (exact) mass is 300 g/mol. The molecule has 0 bridgehead atoms. The number of carboxylic acids is 1. The fourth-order valence-corrected chi connectivity index (χ4v) is 1.61. The number of carboxylic acid groups (broad SMARTS) is 1.